The SMILES string of the molecule is CCC1(C(=O)N(C)CCC#N)CCCC1. The summed E-state index contributed by atoms with van der Waals surface area (Å²) in [6.07, 6.45) is 5.76. The van der Waals surface area contributed by atoms with E-state index in [1.54, 1.807) is 4.90 Å². The highest BCUT2D eigenvalue weighted by molar-refractivity contribution is 5.82. The molecule has 3 nitrogen and oxygen atoms in total. The molecule has 0 bridgehead atoms. The number of amides is 1. The normalized spacial score (nSPS) is 18.5. The first-order valence-electron chi connectivity index (χ1n) is 5.79. The molecule has 0 aromatic carbocycles. The molecule has 1 aliphatic carbocycles. The molecule has 84 valence electrons. The molecule has 0 aromatic rings. The molecule has 0 atom stereocenters. The van der Waals surface area contributed by atoms with Crippen molar-refractivity contribution in [3.63, 3.8) is 0 Å². The van der Waals surface area contributed by atoms with E-state index in [1.807, 2.05) is 7.05 Å². The van der Waals surface area contributed by atoms with Gasteiger partial charge in [-0.05, 0) is 19.3 Å². The lowest BCUT2D eigenvalue weighted by molar-refractivity contribution is -0.140. The Balaban J connectivity index is 2.61. The van der Waals surface area contributed by atoms with Crippen LogP contribution in [0.4, 0.5) is 0 Å². The Morgan fingerprint density at radius 3 is 2.53 bits per heavy atom. The van der Waals surface area contributed by atoms with Gasteiger partial charge in [0, 0.05) is 19.0 Å². The van der Waals surface area contributed by atoms with E-state index in [4.69, 9.17) is 5.26 Å². The number of hydrogen-bond acceptors (Lipinski definition) is 2. The monoisotopic (exact) mass is 208 g/mol. The van der Waals surface area contributed by atoms with Crippen molar-refractivity contribution in [3.8, 4) is 6.07 Å². The molecule has 3 heteroatoms. The zero-order valence-corrected chi connectivity index (χ0v) is 9.75. The minimum absolute atomic E-state index is 0.107. The van der Waals surface area contributed by atoms with E-state index in [-0.39, 0.29) is 11.3 Å². The summed E-state index contributed by atoms with van der Waals surface area (Å²) in [6.45, 7) is 2.67. The fourth-order valence-electron chi connectivity index (χ4n) is 2.49. The summed E-state index contributed by atoms with van der Waals surface area (Å²) in [5.74, 6) is 0.248. The lowest BCUT2D eigenvalue weighted by Gasteiger charge is -2.31. The molecule has 1 saturated carbocycles. The predicted molar refractivity (Wildman–Crippen MR) is 59.1 cm³/mol. The third kappa shape index (κ3) is 2.50. The smallest absolute Gasteiger partial charge is 0.228 e. The van der Waals surface area contributed by atoms with Gasteiger partial charge in [-0.1, -0.05) is 19.8 Å². The van der Waals surface area contributed by atoms with Crippen molar-refractivity contribution in [2.24, 2.45) is 5.41 Å². The molecule has 1 aliphatic rings. The van der Waals surface area contributed by atoms with Crippen molar-refractivity contribution >= 4 is 5.91 Å². The number of hydrogen-bond donors (Lipinski definition) is 0. The van der Waals surface area contributed by atoms with Gasteiger partial charge in [0.2, 0.25) is 5.91 Å². The van der Waals surface area contributed by atoms with E-state index >= 15 is 0 Å². The van der Waals surface area contributed by atoms with Crippen LogP contribution in [0.1, 0.15) is 45.4 Å². The summed E-state index contributed by atoms with van der Waals surface area (Å²) in [6, 6.07) is 2.08. The molecule has 0 radical (unpaired) electrons. The Kier molecular flexibility index (Phi) is 4.14. The van der Waals surface area contributed by atoms with Crippen LogP contribution in [0.2, 0.25) is 0 Å². The molecule has 0 aliphatic heterocycles. The van der Waals surface area contributed by atoms with E-state index < -0.39 is 0 Å². The van der Waals surface area contributed by atoms with Crippen molar-refractivity contribution in [2.45, 2.75) is 45.4 Å². The summed E-state index contributed by atoms with van der Waals surface area (Å²) in [7, 11) is 1.81. The number of nitrogens with zero attached hydrogens (tertiary/aromatic N) is 2. The predicted octanol–water partition coefficient (Wildman–Crippen LogP) is 2.33. The topological polar surface area (TPSA) is 44.1 Å². The van der Waals surface area contributed by atoms with Crippen molar-refractivity contribution in [1.29, 1.82) is 5.26 Å². The van der Waals surface area contributed by atoms with Crippen LogP contribution in [0, 0.1) is 16.7 Å². The molecule has 0 saturated heterocycles. The van der Waals surface area contributed by atoms with Gasteiger partial charge in [-0.25, -0.2) is 0 Å². The van der Waals surface area contributed by atoms with Crippen LogP contribution in [0.5, 0.6) is 0 Å². The van der Waals surface area contributed by atoms with Crippen LogP contribution >= 0.6 is 0 Å². The molecule has 15 heavy (non-hydrogen) atoms. The Hall–Kier alpha value is -1.04. The number of carbonyl (C=O) groups is 1. The van der Waals surface area contributed by atoms with Crippen molar-refractivity contribution in [1.82, 2.24) is 4.90 Å². The van der Waals surface area contributed by atoms with Gasteiger partial charge in [-0.2, -0.15) is 5.26 Å². The quantitative estimate of drug-likeness (QED) is 0.711. The minimum Gasteiger partial charge on any atom is -0.344 e. The molecule has 1 rings (SSSR count). The van der Waals surface area contributed by atoms with E-state index in [0.29, 0.717) is 13.0 Å². The molecule has 1 fully saturated rings. The highest BCUT2D eigenvalue weighted by atomic mass is 16.2. The van der Waals surface area contributed by atoms with Gasteiger partial charge >= 0.3 is 0 Å². The van der Waals surface area contributed by atoms with E-state index in [2.05, 4.69) is 13.0 Å². The third-order valence-electron chi connectivity index (χ3n) is 3.60. The van der Waals surface area contributed by atoms with Gasteiger partial charge in [-0.15, -0.1) is 0 Å². The first kappa shape index (κ1) is 12.0. The maximum absolute atomic E-state index is 12.2. The average molecular weight is 208 g/mol. The molecule has 0 unspecified atom stereocenters. The van der Waals surface area contributed by atoms with E-state index in [0.717, 1.165) is 19.3 Å². The first-order chi connectivity index (χ1) is 7.16. The standard InChI is InChI=1S/C12H20N2O/c1-3-12(7-4-5-8-12)11(15)14(2)10-6-9-13/h3-8,10H2,1-2H3. The van der Waals surface area contributed by atoms with Gasteiger partial charge < -0.3 is 4.90 Å². The van der Waals surface area contributed by atoms with Gasteiger partial charge in [0.05, 0.1) is 12.5 Å². The number of rotatable bonds is 4. The molecule has 0 heterocycles. The summed E-state index contributed by atoms with van der Waals surface area (Å²) in [5.41, 5.74) is -0.107. The van der Waals surface area contributed by atoms with Gasteiger partial charge in [0.1, 0.15) is 0 Å². The van der Waals surface area contributed by atoms with Crippen molar-refractivity contribution in [2.75, 3.05) is 13.6 Å². The van der Waals surface area contributed by atoms with Crippen molar-refractivity contribution < 1.29 is 4.79 Å². The number of nitriles is 1. The van der Waals surface area contributed by atoms with Gasteiger partial charge in [0.15, 0.2) is 0 Å². The number of carbonyl (C=O) groups excluding carboxylic acids is 1. The summed E-state index contributed by atoms with van der Waals surface area (Å²) < 4.78 is 0. The Bertz CT molecular complexity index is 261. The maximum Gasteiger partial charge on any atom is 0.228 e. The third-order valence-corrected chi connectivity index (χ3v) is 3.60. The van der Waals surface area contributed by atoms with E-state index in [9.17, 15) is 4.79 Å². The van der Waals surface area contributed by atoms with Crippen molar-refractivity contribution in [3.05, 3.63) is 0 Å². The lowest BCUT2D eigenvalue weighted by atomic mass is 9.82. The summed E-state index contributed by atoms with van der Waals surface area (Å²) in [5, 5.41) is 8.50. The van der Waals surface area contributed by atoms with Crippen LogP contribution in [0.25, 0.3) is 0 Å². The Morgan fingerprint density at radius 1 is 1.47 bits per heavy atom. The fraction of sp³-hybridized carbons (Fsp3) is 0.833. The second kappa shape index (κ2) is 5.16. The molecule has 1 amide bonds. The lowest BCUT2D eigenvalue weighted by Crippen LogP contribution is -2.40. The molecule has 0 N–H and O–H groups in total. The van der Waals surface area contributed by atoms with Crippen LogP contribution < -0.4 is 0 Å². The second-order valence-electron chi connectivity index (χ2n) is 4.48. The van der Waals surface area contributed by atoms with Crippen LogP contribution in [0.3, 0.4) is 0 Å². The highest BCUT2D eigenvalue weighted by Crippen LogP contribution is 2.42. The minimum atomic E-state index is -0.107. The van der Waals surface area contributed by atoms with Crippen LogP contribution in [0.15, 0.2) is 0 Å². The largest absolute Gasteiger partial charge is 0.344 e. The zero-order valence-electron chi connectivity index (χ0n) is 9.75. The molecule has 0 spiro atoms. The first-order valence-corrected chi connectivity index (χ1v) is 5.79. The van der Waals surface area contributed by atoms with Gasteiger partial charge in [-0.3, -0.25) is 4.79 Å². The second-order valence-corrected chi connectivity index (χ2v) is 4.48. The van der Waals surface area contributed by atoms with Gasteiger partial charge in [0.25, 0.3) is 0 Å². The summed E-state index contributed by atoms with van der Waals surface area (Å²) in [4.78, 5) is 14.0. The Morgan fingerprint density at radius 2 is 2.07 bits per heavy atom. The zero-order chi connectivity index (χ0) is 11.3. The van der Waals surface area contributed by atoms with E-state index in [1.165, 1.54) is 12.8 Å². The highest BCUT2D eigenvalue weighted by Gasteiger charge is 2.40. The molecule has 0 aromatic heterocycles. The molecular formula is C12H20N2O. The van der Waals surface area contributed by atoms with Crippen LogP contribution in [-0.2, 0) is 4.79 Å². The Labute approximate surface area is 92.1 Å². The fourth-order valence-corrected chi connectivity index (χ4v) is 2.49. The maximum atomic E-state index is 12.2. The summed E-state index contributed by atoms with van der Waals surface area (Å²) >= 11 is 0. The van der Waals surface area contributed by atoms with Crippen LogP contribution in [-0.4, -0.2) is 24.4 Å². The average Bonchev–Trinajstić information content (AvgIpc) is 2.74. The molecular weight excluding hydrogens is 188 g/mol.